The molecule has 12 heavy (non-hydrogen) atoms. The van der Waals surface area contributed by atoms with Gasteiger partial charge in [0.25, 0.3) is 0 Å². The van der Waals surface area contributed by atoms with Gasteiger partial charge < -0.3 is 5.11 Å². The van der Waals surface area contributed by atoms with Crippen molar-refractivity contribution >= 4 is 15.9 Å². The summed E-state index contributed by atoms with van der Waals surface area (Å²) in [4.78, 5) is 0.380. The third kappa shape index (κ3) is 2.95. The molecule has 1 aromatic carbocycles. The standard InChI is InChI=1S/C10H13BrO/c11-10(7-4-8-12)9-5-2-1-3-6-9/h1-3,5-6,10,12H,4,7-8H2. The van der Waals surface area contributed by atoms with E-state index in [1.165, 1.54) is 5.56 Å². The summed E-state index contributed by atoms with van der Waals surface area (Å²) in [6, 6.07) is 10.3. The number of hydrogen-bond donors (Lipinski definition) is 1. The minimum atomic E-state index is 0.273. The van der Waals surface area contributed by atoms with Crippen LogP contribution in [0.5, 0.6) is 0 Å². The quantitative estimate of drug-likeness (QED) is 0.787. The zero-order chi connectivity index (χ0) is 8.81. The molecule has 0 heterocycles. The summed E-state index contributed by atoms with van der Waals surface area (Å²) in [6.07, 6.45) is 1.84. The van der Waals surface area contributed by atoms with Crippen molar-refractivity contribution in [3.63, 3.8) is 0 Å². The maximum Gasteiger partial charge on any atom is 0.0431 e. The molecular formula is C10H13BrO. The highest BCUT2D eigenvalue weighted by molar-refractivity contribution is 9.09. The van der Waals surface area contributed by atoms with Crippen LogP contribution >= 0.6 is 15.9 Å². The lowest BCUT2D eigenvalue weighted by Gasteiger charge is -2.07. The SMILES string of the molecule is OCCCC(Br)c1ccccc1. The first-order chi connectivity index (χ1) is 5.84. The predicted molar refractivity (Wildman–Crippen MR) is 54.4 cm³/mol. The lowest BCUT2D eigenvalue weighted by Crippen LogP contribution is -1.91. The van der Waals surface area contributed by atoms with E-state index < -0.39 is 0 Å². The molecular weight excluding hydrogens is 216 g/mol. The van der Waals surface area contributed by atoms with Crippen LogP contribution in [0.2, 0.25) is 0 Å². The molecule has 1 atom stereocenters. The second-order valence-electron chi connectivity index (χ2n) is 2.74. The normalized spacial score (nSPS) is 12.8. The Bertz CT molecular complexity index is 210. The number of alkyl halides is 1. The minimum absolute atomic E-state index is 0.273. The number of halogens is 1. The van der Waals surface area contributed by atoms with Gasteiger partial charge in [-0.3, -0.25) is 0 Å². The summed E-state index contributed by atoms with van der Waals surface area (Å²) < 4.78 is 0. The molecule has 0 saturated carbocycles. The molecule has 0 aliphatic rings. The van der Waals surface area contributed by atoms with Crippen LogP contribution in [0.3, 0.4) is 0 Å². The maximum absolute atomic E-state index is 8.64. The molecule has 66 valence electrons. The van der Waals surface area contributed by atoms with Gasteiger partial charge in [-0.25, -0.2) is 0 Å². The van der Waals surface area contributed by atoms with Gasteiger partial charge in [0.05, 0.1) is 0 Å². The van der Waals surface area contributed by atoms with Crippen LogP contribution < -0.4 is 0 Å². The Morgan fingerprint density at radius 3 is 2.50 bits per heavy atom. The Labute approximate surface area is 81.6 Å². The molecule has 0 radical (unpaired) electrons. The van der Waals surface area contributed by atoms with Gasteiger partial charge in [0.1, 0.15) is 0 Å². The number of rotatable bonds is 4. The zero-order valence-electron chi connectivity index (χ0n) is 6.91. The topological polar surface area (TPSA) is 20.2 Å². The van der Waals surface area contributed by atoms with Gasteiger partial charge in [-0.15, -0.1) is 0 Å². The molecule has 0 aliphatic heterocycles. The van der Waals surface area contributed by atoms with Gasteiger partial charge in [0.2, 0.25) is 0 Å². The highest BCUT2D eigenvalue weighted by atomic mass is 79.9. The second-order valence-corrected chi connectivity index (χ2v) is 3.85. The largest absolute Gasteiger partial charge is 0.396 e. The Balaban J connectivity index is 2.48. The average Bonchev–Trinajstić information content (AvgIpc) is 2.15. The van der Waals surface area contributed by atoms with Crippen LogP contribution in [-0.2, 0) is 0 Å². The Kier molecular flexibility index (Phi) is 4.33. The van der Waals surface area contributed by atoms with Gasteiger partial charge in [0, 0.05) is 11.4 Å². The highest BCUT2D eigenvalue weighted by Gasteiger charge is 2.04. The van der Waals surface area contributed by atoms with Crippen molar-refractivity contribution in [2.24, 2.45) is 0 Å². The van der Waals surface area contributed by atoms with E-state index in [1.807, 2.05) is 18.2 Å². The average molecular weight is 229 g/mol. The molecule has 2 heteroatoms. The molecule has 0 aliphatic carbocycles. The number of hydrogen-bond acceptors (Lipinski definition) is 1. The van der Waals surface area contributed by atoms with E-state index in [2.05, 4.69) is 28.1 Å². The zero-order valence-corrected chi connectivity index (χ0v) is 8.50. The predicted octanol–water partition coefficient (Wildman–Crippen LogP) is 2.90. The summed E-state index contributed by atoms with van der Waals surface area (Å²) in [5, 5.41) is 8.64. The van der Waals surface area contributed by atoms with E-state index in [9.17, 15) is 0 Å². The van der Waals surface area contributed by atoms with Crippen LogP contribution in [0.15, 0.2) is 30.3 Å². The van der Waals surface area contributed by atoms with Crippen molar-refractivity contribution in [2.45, 2.75) is 17.7 Å². The first-order valence-electron chi connectivity index (χ1n) is 4.14. The van der Waals surface area contributed by atoms with Crippen molar-refractivity contribution in [1.29, 1.82) is 0 Å². The molecule has 0 bridgehead atoms. The van der Waals surface area contributed by atoms with Gasteiger partial charge in [0.15, 0.2) is 0 Å². The van der Waals surface area contributed by atoms with Gasteiger partial charge in [-0.1, -0.05) is 46.3 Å². The van der Waals surface area contributed by atoms with E-state index in [1.54, 1.807) is 0 Å². The van der Waals surface area contributed by atoms with Gasteiger partial charge in [-0.05, 0) is 18.4 Å². The number of aliphatic hydroxyl groups excluding tert-OH is 1. The molecule has 0 aromatic heterocycles. The molecule has 0 spiro atoms. The van der Waals surface area contributed by atoms with Gasteiger partial charge >= 0.3 is 0 Å². The summed E-state index contributed by atoms with van der Waals surface area (Å²) in [6.45, 7) is 0.273. The lowest BCUT2D eigenvalue weighted by molar-refractivity contribution is 0.284. The Morgan fingerprint density at radius 1 is 1.25 bits per heavy atom. The number of aliphatic hydroxyl groups is 1. The van der Waals surface area contributed by atoms with E-state index >= 15 is 0 Å². The molecule has 1 aromatic rings. The van der Waals surface area contributed by atoms with Crippen LogP contribution in [-0.4, -0.2) is 11.7 Å². The monoisotopic (exact) mass is 228 g/mol. The molecule has 1 unspecified atom stereocenters. The minimum Gasteiger partial charge on any atom is -0.396 e. The molecule has 1 rings (SSSR count). The number of benzene rings is 1. The Morgan fingerprint density at radius 2 is 1.92 bits per heavy atom. The fourth-order valence-electron chi connectivity index (χ4n) is 1.10. The summed E-state index contributed by atoms with van der Waals surface area (Å²) in [5.41, 5.74) is 1.28. The van der Waals surface area contributed by atoms with Crippen molar-refractivity contribution in [3.8, 4) is 0 Å². The first-order valence-corrected chi connectivity index (χ1v) is 5.06. The summed E-state index contributed by atoms with van der Waals surface area (Å²) >= 11 is 3.58. The molecule has 1 nitrogen and oxygen atoms in total. The highest BCUT2D eigenvalue weighted by Crippen LogP contribution is 2.26. The van der Waals surface area contributed by atoms with E-state index in [0.29, 0.717) is 4.83 Å². The van der Waals surface area contributed by atoms with Crippen molar-refractivity contribution in [2.75, 3.05) is 6.61 Å². The smallest absolute Gasteiger partial charge is 0.0431 e. The fraction of sp³-hybridized carbons (Fsp3) is 0.400. The third-order valence-electron chi connectivity index (χ3n) is 1.78. The van der Waals surface area contributed by atoms with Gasteiger partial charge in [-0.2, -0.15) is 0 Å². The van der Waals surface area contributed by atoms with Crippen LogP contribution in [0.4, 0.5) is 0 Å². The third-order valence-corrected chi connectivity index (χ3v) is 2.76. The van der Waals surface area contributed by atoms with Crippen LogP contribution in [0.1, 0.15) is 23.2 Å². The van der Waals surface area contributed by atoms with E-state index in [4.69, 9.17) is 5.11 Å². The van der Waals surface area contributed by atoms with Crippen molar-refractivity contribution < 1.29 is 5.11 Å². The fourth-order valence-corrected chi connectivity index (χ4v) is 1.73. The summed E-state index contributed by atoms with van der Waals surface area (Å²) in [7, 11) is 0. The van der Waals surface area contributed by atoms with Crippen LogP contribution in [0, 0.1) is 0 Å². The second kappa shape index (κ2) is 5.33. The van der Waals surface area contributed by atoms with E-state index in [0.717, 1.165) is 12.8 Å². The molecule has 0 fully saturated rings. The first kappa shape index (κ1) is 9.75. The summed E-state index contributed by atoms with van der Waals surface area (Å²) in [5.74, 6) is 0. The van der Waals surface area contributed by atoms with E-state index in [-0.39, 0.29) is 6.61 Å². The molecule has 1 N–H and O–H groups in total. The van der Waals surface area contributed by atoms with Crippen LogP contribution in [0.25, 0.3) is 0 Å². The van der Waals surface area contributed by atoms with Crippen molar-refractivity contribution in [3.05, 3.63) is 35.9 Å². The maximum atomic E-state index is 8.64. The Hall–Kier alpha value is -0.340. The molecule has 0 amide bonds. The van der Waals surface area contributed by atoms with Crippen molar-refractivity contribution in [1.82, 2.24) is 0 Å². The lowest BCUT2D eigenvalue weighted by atomic mass is 10.1. The molecule has 0 saturated heterocycles.